The molecule has 128 valence electrons. The Morgan fingerprint density at radius 2 is 2.12 bits per heavy atom. The topological polar surface area (TPSA) is 93.3 Å². The zero-order valence-electron chi connectivity index (χ0n) is 13.7. The standard InChI is InChI=1S/C17H23N5O2/c1-22-12-3-4-13(22)7-11(6-12)19-17(24)16-14-5-2-10(18-9-23)8-15(14)20-21-16/h2,5,8,11-13,18,23H,3-4,6-7,9H2,1H3,(H,19,24)(H,20,21). The molecule has 7 heteroatoms. The zero-order valence-corrected chi connectivity index (χ0v) is 13.7. The van der Waals surface area contributed by atoms with Gasteiger partial charge < -0.3 is 20.6 Å². The number of rotatable bonds is 4. The van der Waals surface area contributed by atoms with Crippen LogP contribution < -0.4 is 10.6 Å². The van der Waals surface area contributed by atoms with E-state index in [0.29, 0.717) is 17.8 Å². The highest BCUT2D eigenvalue weighted by Gasteiger charge is 2.39. The van der Waals surface area contributed by atoms with Gasteiger partial charge in [-0.2, -0.15) is 5.10 Å². The maximum absolute atomic E-state index is 12.7. The van der Waals surface area contributed by atoms with Gasteiger partial charge in [0.15, 0.2) is 5.69 Å². The van der Waals surface area contributed by atoms with Gasteiger partial charge in [-0.1, -0.05) is 0 Å². The van der Waals surface area contributed by atoms with E-state index in [0.717, 1.165) is 29.4 Å². The largest absolute Gasteiger partial charge is 0.377 e. The van der Waals surface area contributed by atoms with Crippen molar-refractivity contribution < 1.29 is 9.90 Å². The number of carbonyl (C=O) groups is 1. The highest BCUT2D eigenvalue weighted by molar-refractivity contribution is 6.05. The molecule has 2 saturated heterocycles. The van der Waals surface area contributed by atoms with E-state index in [1.54, 1.807) is 0 Å². The molecule has 24 heavy (non-hydrogen) atoms. The summed E-state index contributed by atoms with van der Waals surface area (Å²) < 4.78 is 0. The lowest BCUT2D eigenvalue weighted by Gasteiger charge is -2.36. The van der Waals surface area contributed by atoms with E-state index in [2.05, 4.69) is 32.8 Å². The number of nitrogens with zero attached hydrogens (tertiary/aromatic N) is 2. The Labute approximate surface area is 140 Å². The molecule has 0 aliphatic carbocycles. The van der Waals surface area contributed by atoms with E-state index in [4.69, 9.17) is 5.11 Å². The third kappa shape index (κ3) is 2.63. The Morgan fingerprint density at radius 3 is 2.83 bits per heavy atom. The number of H-pyrrole nitrogens is 1. The second kappa shape index (κ2) is 6.07. The molecule has 1 amide bonds. The maximum Gasteiger partial charge on any atom is 0.272 e. The van der Waals surface area contributed by atoms with Crippen LogP contribution in [0.2, 0.25) is 0 Å². The smallest absolute Gasteiger partial charge is 0.272 e. The lowest BCUT2D eigenvalue weighted by Crippen LogP contribution is -2.48. The number of anilines is 1. The number of aliphatic hydroxyl groups is 1. The molecule has 1 aromatic carbocycles. The van der Waals surface area contributed by atoms with Crippen LogP contribution in [0.15, 0.2) is 18.2 Å². The Kier molecular flexibility index (Phi) is 3.90. The highest BCUT2D eigenvalue weighted by atomic mass is 16.3. The van der Waals surface area contributed by atoms with Gasteiger partial charge in [0.2, 0.25) is 0 Å². The van der Waals surface area contributed by atoms with Gasteiger partial charge in [-0.05, 0) is 50.9 Å². The Bertz CT molecular complexity index is 745. The molecule has 2 aliphatic rings. The lowest BCUT2D eigenvalue weighted by molar-refractivity contribution is 0.0879. The molecule has 2 aromatic rings. The number of piperidine rings is 1. The second-order valence-corrected chi connectivity index (χ2v) is 6.86. The number of nitrogens with one attached hydrogen (secondary N) is 3. The van der Waals surface area contributed by atoms with Crippen molar-refractivity contribution >= 4 is 22.5 Å². The van der Waals surface area contributed by atoms with Crippen LogP contribution >= 0.6 is 0 Å². The summed E-state index contributed by atoms with van der Waals surface area (Å²) in [6.07, 6.45) is 4.51. The van der Waals surface area contributed by atoms with Crippen molar-refractivity contribution in [3.63, 3.8) is 0 Å². The first-order valence-electron chi connectivity index (χ1n) is 8.51. The molecule has 2 aliphatic heterocycles. The fourth-order valence-electron chi connectivity index (χ4n) is 4.18. The van der Waals surface area contributed by atoms with Crippen LogP contribution in [0.25, 0.3) is 10.9 Å². The molecule has 4 N–H and O–H groups in total. The summed E-state index contributed by atoms with van der Waals surface area (Å²) in [5.41, 5.74) is 2.00. The number of benzene rings is 1. The van der Waals surface area contributed by atoms with E-state index >= 15 is 0 Å². The van der Waals surface area contributed by atoms with Crippen molar-refractivity contribution in [1.82, 2.24) is 20.4 Å². The normalized spacial score (nSPS) is 26.7. The molecule has 2 atom stereocenters. The summed E-state index contributed by atoms with van der Waals surface area (Å²) in [6.45, 7) is -0.133. The quantitative estimate of drug-likeness (QED) is 0.634. The molecule has 2 fully saturated rings. The Hall–Kier alpha value is -2.12. The van der Waals surface area contributed by atoms with Gasteiger partial charge in [0, 0.05) is 29.2 Å². The first kappa shape index (κ1) is 15.4. The predicted octanol–water partition coefficient (Wildman–Crippen LogP) is 1.28. The second-order valence-electron chi connectivity index (χ2n) is 6.86. The predicted molar refractivity (Wildman–Crippen MR) is 91.9 cm³/mol. The van der Waals surface area contributed by atoms with Gasteiger partial charge in [0.1, 0.15) is 6.73 Å². The van der Waals surface area contributed by atoms with E-state index < -0.39 is 0 Å². The molecule has 4 rings (SSSR count). The van der Waals surface area contributed by atoms with Crippen LogP contribution in [0.5, 0.6) is 0 Å². The number of carbonyl (C=O) groups excluding carboxylic acids is 1. The first-order valence-corrected chi connectivity index (χ1v) is 8.51. The summed E-state index contributed by atoms with van der Waals surface area (Å²) in [5, 5.41) is 22.8. The van der Waals surface area contributed by atoms with Crippen LogP contribution in [-0.4, -0.2) is 58.0 Å². The monoisotopic (exact) mass is 329 g/mol. The molecule has 3 heterocycles. The van der Waals surface area contributed by atoms with Gasteiger partial charge >= 0.3 is 0 Å². The summed E-state index contributed by atoms with van der Waals surface area (Å²) in [5.74, 6) is -0.113. The van der Waals surface area contributed by atoms with Crippen LogP contribution in [0, 0.1) is 0 Å². The Morgan fingerprint density at radius 1 is 1.38 bits per heavy atom. The number of aromatic nitrogens is 2. The molecule has 0 saturated carbocycles. The third-order valence-corrected chi connectivity index (χ3v) is 5.49. The van der Waals surface area contributed by atoms with Crippen LogP contribution in [0.3, 0.4) is 0 Å². The van der Waals surface area contributed by atoms with Crippen molar-refractivity contribution in [2.24, 2.45) is 0 Å². The zero-order chi connectivity index (χ0) is 16.7. The molecule has 0 spiro atoms. The summed E-state index contributed by atoms with van der Waals surface area (Å²) >= 11 is 0. The van der Waals surface area contributed by atoms with Crippen molar-refractivity contribution in [3.8, 4) is 0 Å². The van der Waals surface area contributed by atoms with Crippen molar-refractivity contribution in [3.05, 3.63) is 23.9 Å². The number of aliphatic hydroxyl groups excluding tert-OH is 1. The summed E-state index contributed by atoms with van der Waals surface area (Å²) in [7, 11) is 2.19. The SMILES string of the molecule is CN1C2CCC1CC(NC(=O)c1n[nH]c3cc(NCO)ccc13)C2. The lowest BCUT2D eigenvalue weighted by atomic mass is 9.98. The highest BCUT2D eigenvalue weighted by Crippen LogP contribution is 2.34. The average molecular weight is 329 g/mol. The molecule has 7 nitrogen and oxygen atoms in total. The van der Waals surface area contributed by atoms with Crippen LogP contribution in [-0.2, 0) is 0 Å². The molecule has 2 bridgehead atoms. The minimum Gasteiger partial charge on any atom is -0.377 e. The van der Waals surface area contributed by atoms with Crippen molar-refractivity contribution in [2.75, 3.05) is 19.1 Å². The van der Waals surface area contributed by atoms with E-state index in [1.807, 2.05) is 18.2 Å². The molecule has 1 aromatic heterocycles. The first-order chi connectivity index (χ1) is 11.7. The van der Waals surface area contributed by atoms with E-state index in [-0.39, 0.29) is 18.7 Å². The number of fused-ring (bicyclic) bond motifs is 3. The maximum atomic E-state index is 12.7. The van der Waals surface area contributed by atoms with Gasteiger partial charge in [-0.25, -0.2) is 0 Å². The molecule has 2 unspecified atom stereocenters. The van der Waals surface area contributed by atoms with Crippen molar-refractivity contribution in [1.29, 1.82) is 0 Å². The summed E-state index contributed by atoms with van der Waals surface area (Å²) in [4.78, 5) is 15.1. The van der Waals surface area contributed by atoms with Gasteiger partial charge in [0.25, 0.3) is 5.91 Å². The van der Waals surface area contributed by atoms with E-state index in [1.165, 1.54) is 12.8 Å². The molecule has 0 radical (unpaired) electrons. The molecular weight excluding hydrogens is 306 g/mol. The minimum absolute atomic E-state index is 0.113. The van der Waals surface area contributed by atoms with Crippen molar-refractivity contribution in [2.45, 2.75) is 43.8 Å². The molecular formula is C17H23N5O2. The average Bonchev–Trinajstić information content (AvgIpc) is 3.05. The number of hydrogen-bond acceptors (Lipinski definition) is 5. The number of amides is 1. The van der Waals surface area contributed by atoms with Crippen LogP contribution in [0.4, 0.5) is 5.69 Å². The van der Waals surface area contributed by atoms with Crippen LogP contribution in [0.1, 0.15) is 36.2 Å². The van der Waals surface area contributed by atoms with E-state index in [9.17, 15) is 4.79 Å². The minimum atomic E-state index is -0.133. The number of aromatic amines is 1. The van der Waals surface area contributed by atoms with Gasteiger partial charge in [-0.15, -0.1) is 0 Å². The van der Waals surface area contributed by atoms with Gasteiger partial charge in [-0.3, -0.25) is 9.89 Å². The number of hydrogen-bond donors (Lipinski definition) is 4. The van der Waals surface area contributed by atoms with Gasteiger partial charge in [0.05, 0.1) is 5.52 Å². The Balaban J connectivity index is 1.49. The fraction of sp³-hybridized carbons (Fsp3) is 0.529. The third-order valence-electron chi connectivity index (χ3n) is 5.49. The fourth-order valence-corrected chi connectivity index (χ4v) is 4.18. The summed E-state index contributed by atoms with van der Waals surface area (Å²) in [6, 6.07) is 6.94.